The van der Waals surface area contributed by atoms with Crippen LogP contribution in [-0.2, 0) is 0 Å². The number of nitrogens with zero attached hydrogens (tertiary/aromatic N) is 1. The van der Waals surface area contributed by atoms with Gasteiger partial charge in [-0.1, -0.05) is 29.3 Å². The van der Waals surface area contributed by atoms with Crippen molar-refractivity contribution >= 4 is 40.3 Å². The van der Waals surface area contributed by atoms with Gasteiger partial charge in [-0.15, -0.1) is 0 Å². The highest BCUT2D eigenvalue weighted by molar-refractivity contribution is 6.39. The molecule has 0 heterocycles. The lowest BCUT2D eigenvalue weighted by molar-refractivity contribution is 1.40. The molecule has 0 aromatic heterocycles. The Balaban J connectivity index is 2.45. The molecule has 2 aromatic rings. The van der Waals surface area contributed by atoms with Crippen LogP contribution < -0.4 is 11.1 Å². The highest BCUT2D eigenvalue weighted by Gasteiger charge is 2.09. The first-order valence-electron chi connectivity index (χ1n) is 5.53. The van der Waals surface area contributed by atoms with Crippen LogP contribution in [0.15, 0.2) is 30.3 Å². The van der Waals surface area contributed by atoms with Crippen molar-refractivity contribution in [3.63, 3.8) is 0 Å². The zero-order valence-corrected chi connectivity index (χ0v) is 11.7. The average molecular weight is 292 g/mol. The fourth-order valence-electron chi connectivity index (χ4n) is 1.67. The molecule has 0 radical (unpaired) electrons. The van der Waals surface area contributed by atoms with Crippen LogP contribution in [0.3, 0.4) is 0 Å². The molecule has 96 valence electrons. The number of hydrogen-bond acceptors (Lipinski definition) is 3. The van der Waals surface area contributed by atoms with E-state index in [1.165, 1.54) is 0 Å². The summed E-state index contributed by atoms with van der Waals surface area (Å²) in [5.74, 6) is 0. The van der Waals surface area contributed by atoms with Crippen LogP contribution in [0.2, 0.25) is 10.0 Å². The van der Waals surface area contributed by atoms with Gasteiger partial charge in [0.2, 0.25) is 0 Å². The van der Waals surface area contributed by atoms with Gasteiger partial charge in [-0.2, -0.15) is 5.26 Å². The zero-order valence-electron chi connectivity index (χ0n) is 10.2. The monoisotopic (exact) mass is 291 g/mol. The summed E-state index contributed by atoms with van der Waals surface area (Å²) >= 11 is 12.2. The zero-order chi connectivity index (χ0) is 14.0. The van der Waals surface area contributed by atoms with Crippen LogP contribution >= 0.6 is 23.2 Å². The lowest BCUT2D eigenvalue weighted by Gasteiger charge is -2.13. The van der Waals surface area contributed by atoms with E-state index in [1.807, 2.05) is 13.0 Å². The van der Waals surface area contributed by atoms with E-state index in [-0.39, 0.29) is 0 Å². The first-order valence-corrected chi connectivity index (χ1v) is 6.29. The van der Waals surface area contributed by atoms with Crippen LogP contribution in [0, 0.1) is 18.3 Å². The van der Waals surface area contributed by atoms with E-state index < -0.39 is 0 Å². The number of hydrogen-bond donors (Lipinski definition) is 2. The van der Waals surface area contributed by atoms with Gasteiger partial charge in [0.05, 0.1) is 27.4 Å². The minimum absolute atomic E-state index is 0.437. The third-order valence-electron chi connectivity index (χ3n) is 2.69. The summed E-state index contributed by atoms with van der Waals surface area (Å²) in [6, 6.07) is 10.7. The maximum Gasteiger partial charge on any atom is 0.0992 e. The Hall–Kier alpha value is -1.89. The Morgan fingerprint density at radius 3 is 2.37 bits per heavy atom. The van der Waals surface area contributed by atoms with E-state index in [1.54, 1.807) is 24.3 Å². The summed E-state index contributed by atoms with van der Waals surface area (Å²) < 4.78 is 0. The maximum absolute atomic E-state index is 8.92. The molecule has 0 fully saturated rings. The van der Waals surface area contributed by atoms with Gasteiger partial charge < -0.3 is 11.1 Å². The van der Waals surface area contributed by atoms with E-state index in [2.05, 4.69) is 11.4 Å². The Kier molecular flexibility index (Phi) is 3.84. The number of nitrogen functional groups attached to an aromatic ring is 1. The van der Waals surface area contributed by atoms with Gasteiger partial charge in [0.15, 0.2) is 0 Å². The summed E-state index contributed by atoms with van der Waals surface area (Å²) in [5, 5.41) is 12.9. The first kappa shape index (κ1) is 13.5. The number of nitriles is 1. The summed E-state index contributed by atoms with van der Waals surface area (Å²) in [6.45, 7) is 1.93. The predicted octanol–water partition coefficient (Wildman–Crippen LogP) is 4.50. The van der Waals surface area contributed by atoms with Gasteiger partial charge in [-0.25, -0.2) is 0 Å². The summed E-state index contributed by atoms with van der Waals surface area (Å²) in [5.41, 5.74) is 9.08. The maximum atomic E-state index is 8.92. The predicted molar refractivity (Wildman–Crippen MR) is 80.1 cm³/mol. The molecule has 0 aliphatic rings. The highest BCUT2D eigenvalue weighted by atomic mass is 35.5. The molecule has 3 N–H and O–H groups in total. The molecule has 0 bridgehead atoms. The van der Waals surface area contributed by atoms with Gasteiger partial charge >= 0.3 is 0 Å². The normalized spacial score (nSPS) is 10.0. The second kappa shape index (κ2) is 5.40. The summed E-state index contributed by atoms with van der Waals surface area (Å²) in [6.07, 6.45) is 0. The number of halogens is 2. The van der Waals surface area contributed by atoms with Gasteiger partial charge in [0.25, 0.3) is 0 Å². The molecular formula is C14H11Cl2N3. The number of aryl methyl sites for hydroxylation is 1. The molecule has 3 nitrogen and oxygen atoms in total. The largest absolute Gasteiger partial charge is 0.399 e. The summed E-state index contributed by atoms with van der Waals surface area (Å²) in [4.78, 5) is 0. The molecule has 0 atom stereocenters. The van der Waals surface area contributed by atoms with Crippen molar-refractivity contribution in [3.8, 4) is 6.07 Å². The Morgan fingerprint density at radius 1 is 1.16 bits per heavy atom. The lowest BCUT2D eigenvalue weighted by Crippen LogP contribution is -1.97. The van der Waals surface area contributed by atoms with E-state index in [0.717, 1.165) is 11.3 Å². The van der Waals surface area contributed by atoms with Crippen molar-refractivity contribution in [2.24, 2.45) is 0 Å². The van der Waals surface area contributed by atoms with Crippen LogP contribution in [0.4, 0.5) is 17.1 Å². The molecule has 0 aliphatic heterocycles. The third-order valence-corrected chi connectivity index (χ3v) is 3.29. The van der Waals surface area contributed by atoms with Crippen LogP contribution in [0.25, 0.3) is 0 Å². The topological polar surface area (TPSA) is 61.8 Å². The molecule has 5 heteroatoms. The second-order valence-electron chi connectivity index (χ2n) is 4.13. The number of nitrogens with two attached hydrogens (primary N) is 1. The SMILES string of the molecule is Cc1ccc(C#N)cc1Nc1c(Cl)cc(N)cc1Cl. The van der Waals surface area contributed by atoms with Crippen molar-refractivity contribution in [1.82, 2.24) is 0 Å². The van der Waals surface area contributed by atoms with Crippen molar-refractivity contribution in [3.05, 3.63) is 51.5 Å². The Bertz CT molecular complexity index is 652. The van der Waals surface area contributed by atoms with Crippen LogP contribution in [-0.4, -0.2) is 0 Å². The molecule has 19 heavy (non-hydrogen) atoms. The molecule has 0 amide bonds. The molecule has 0 aliphatic carbocycles. The molecule has 2 rings (SSSR count). The smallest absolute Gasteiger partial charge is 0.0992 e. The first-order chi connectivity index (χ1) is 9.01. The lowest BCUT2D eigenvalue weighted by atomic mass is 10.1. The van der Waals surface area contributed by atoms with E-state index in [9.17, 15) is 0 Å². The number of benzene rings is 2. The molecule has 0 unspecified atom stereocenters. The average Bonchev–Trinajstić information content (AvgIpc) is 2.35. The van der Waals surface area contributed by atoms with E-state index >= 15 is 0 Å². The second-order valence-corrected chi connectivity index (χ2v) is 4.94. The van der Waals surface area contributed by atoms with E-state index in [4.69, 9.17) is 34.2 Å². The summed E-state index contributed by atoms with van der Waals surface area (Å²) in [7, 11) is 0. The van der Waals surface area contributed by atoms with Crippen molar-refractivity contribution in [2.75, 3.05) is 11.1 Å². The van der Waals surface area contributed by atoms with Gasteiger partial charge in [0.1, 0.15) is 0 Å². The fraction of sp³-hybridized carbons (Fsp3) is 0.0714. The molecule has 2 aromatic carbocycles. The fourth-order valence-corrected chi connectivity index (χ4v) is 2.27. The molecule has 0 spiro atoms. The van der Waals surface area contributed by atoms with Gasteiger partial charge in [-0.05, 0) is 36.8 Å². The minimum atomic E-state index is 0.437. The molecular weight excluding hydrogens is 281 g/mol. The van der Waals surface area contributed by atoms with Crippen molar-refractivity contribution in [1.29, 1.82) is 5.26 Å². The quantitative estimate of drug-likeness (QED) is 0.801. The third kappa shape index (κ3) is 2.93. The highest BCUT2D eigenvalue weighted by Crippen LogP contribution is 2.35. The number of anilines is 3. The van der Waals surface area contributed by atoms with E-state index in [0.29, 0.717) is 27.0 Å². The van der Waals surface area contributed by atoms with Crippen molar-refractivity contribution < 1.29 is 0 Å². The Labute approximate surface area is 121 Å². The molecule has 0 saturated heterocycles. The van der Waals surface area contributed by atoms with Crippen molar-refractivity contribution in [2.45, 2.75) is 6.92 Å². The van der Waals surface area contributed by atoms with Crippen LogP contribution in [0.5, 0.6) is 0 Å². The number of nitrogens with one attached hydrogen (secondary N) is 1. The van der Waals surface area contributed by atoms with Gasteiger partial charge in [-0.3, -0.25) is 0 Å². The van der Waals surface area contributed by atoms with Crippen LogP contribution in [0.1, 0.15) is 11.1 Å². The molecule has 0 saturated carbocycles. The minimum Gasteiger partial charge on any atom is -0.399 e. The number of rotatable bonds is 2. The standard InChI is InChI=1S/C14H11Cl2N3/c1-8-2-3-9(7-17)4-13(8)19-14-11(15)5-10(18)6-12(14)16/h2-6,19H,18H2,1H3. The Morgan fingerprint density at radius 2 is 1.79 bits per heavy atom. The van der Waals surface area contributed by atoms with Gasteiger partial charge in [0, 0.05) is 11.4 Å².